The highest BCUT2D eigenvalue weighted by atomic mass is 16.2. The molecule has 2 aliphatic rings. The minimum Gasteiger partial charge on any atom is -0.352 e. The summed E-state index contributed by atoms with van der Waals surface area (Å²) >= 11 is 0. The van der Waals surface area contributed by atoms with Crippen molar-refractivity contribution in [3.05, 3.63) is 0 Å². The Hall–Kier alpha value is -0.610. The van der Waals surface area contributed by atoms with Gasteiger partial charge < -0.3 is 11.1 Å². The van der Waals surface area contributed by atoms with Gasteiger partial charge in [-0.05, 0) is 44.4 Å². The molecule has 0 atom stereocenters. The van der Waals surface area contributed by atoms with E-state index in [-0.39, 0.29) is 5.91 Å². The minimum absolute atomic E-state index is 0.199. The summed E-state index contributed by atoms with van der Waals surface area (Å²) in [7, 11) is 0. The summed E-state index contributed by atoms with van der Waals surface area (Å²) in [6.45, 7) is 4.79. The van der Waals surface area contributed by atoms with E-state index in [1.165, 1.54) is 12.8 Å². The van der Waals surface area contributed by atoms with Crippen LogP contribution in [0.4, 0.5) is 0 Å². The van der Waals surface area contributed by atoms with Crippen LogP contribution >= 0.6 is 0 Å². The maximum Gasteiger partial charge on any atom is 0.234 e. The average Bonchev–Trinajstić information content (AvgIpc) is 2.35. The molecule has 1 aliphatic heterocycles. The lowest BCUT2D eigenvalue weighted by molar-refractivity contribution is -0.123. The van der Waals surface area contributed by atoms with Gasteiger partial charge in [-0.25, -0.2) is 0 Å². The summed E-state index contributed by atoms with van der Waals surface area (Å²) in [5.74, 6) is 1.03. The third-order valence-electron chi connectivity index (χ3n) is 4.38. The predicted molar refractivity (Wildman–Crippen MR) is 73.2 cm³/mol. The Labute approximate surface area is 110 Å². The van der Waals surface area contributed by atoms with Crippen molar-refractivity contribution in [3.63, 3.8) is 0 Å². The molecule has 0 spiro atoms. The molecule has 2 fully saturated rings. The van der Waals surface area contributed by atoms with E-state index in [1.807, 2.05) is 0 Å². The van der Waals surface area contributed by atoms with Crippen molar-refractivity contribution in [2.75, 3.05) is 19.6 Å². The molecule has 1 amide bonds. The van der Waals surface area contributed by atoms with Crippen molar-refractivity contribution < 1.29 is 4.79 Å². The van der Waals surface area contributed by atoms with E-state index in [9.17, 15) is 4.79 Å². The van der Waals surface area contributed by atoms with E-state index >= 15 is 0 Å². The van der Waals surface area contributed by atoms with Crippen molar-refractivity contribution in [3.8, 4) is 0 Å². The zero-order valence-electron chi connectivity index (χ0n) is 11.5. The molecule has 0 radical (unpaired) electrons. The fourth-order valence-electron chi connectivity index (χ4n) is 2.99. The zero-order chi connectivity index (χ0) is 13.0. The number of hydrogen-bond donors (Lipinski definition) is 2. The molecular formula is C14H27N3O. The largest absolute Gasteiger partial charge is 0.352 e. The molecule has 1 saturated heterocycles. The topological polar surface area (TPSA) is 58.4 Å². The third-order valence-corrected chi connectivity index (χ3v) is 4.38. The first-order valence-corrected chi connectivity index (χ1v) is 7.41. The van der Waals surface area contributed by atoms with Crippen molar-refractivity contribution >= 4 is 5.91 Å². The van der Waals surface area contributed by atoms with Crippen LogP contribution in [0.15, 0.2) is 0 Å². The highest BCUT2D eigenvalue weighted by Crippen LogP contribution is 2.23. The van der Waals surface area contributed by atoms with Crippen LogP contribution in [0.5, 0.6) is 0 Å². The van der Waals surface area contributed by atoms with Gasteiger partial charge in [0.15, 0.2) is 0 Å². The Morgan fingerprint density at radius 1 is 1.17 bits per heavy atom. The van der Waals surface area contributed by atoms with Gasteiger partial charge in [0.05, 0.1) is 6.54 Å². The van der Waals surface area contributed by atoms with E-state index in [2.05, 4.69) is 17.1 Å². The van der Waals surface area contributed by atoms with Crippen LogP contribution in [-0.2, 0) is 4.79 Å². The van der Waals surface area contributed by atoms with Crippen molar-refractivity contribution in [2.45, 2.75) is 57.5 Å². The highest BCUT2D eigenvalue weighted by molar-refractivity contribution is 5.78. The Balaban J connectivity index is 1.66. The zero-order valence-corrected chi connectivity index (χ0v) is 11.5. The monoisotopic (exact) mass is 253 g/mol. The molecule has 0 bridgehead atoms. The Kier molecular flexibility index (Phi) is 5.01. The lowest BCUT2D eigenvalue weighted by Crippen LogP contribution is -2.47. The number of nitrogens with zero attached hydrogens (tertiary/aromatic N) is 1. The first-order chi connectivity index (χ1) is 8.63. The van der Waals surface area contributed by atoms with Crippen molar-refractivity contribution in [2.24, 2.45) is 11.7 Å². The number of likely N-dealkylation sites (tertiary alicyclic amines) is 1. The molecule has 1 heterocycles. The Morgan fingerprint density at radius 3 is 2.39 bits per heavy atom. The minimum atomic E-state index is 0.199. The molecule has 1 aliphatic carbocycles. The van der Waals surface area contributed by atoms with E-state index in [0.717, 1.165) is 44.7 Å². The number of piperidine rings is 1. The van der Waals surface area contributed by atoms with Gasteiger partial charge in [-0.1, -0.05) is 6.92 Å². The van der Waals surface area contributed by atoms with E-state index in [4.69, 9.17) is 5.73 Å². The summed E-state index contributed by atoms with van der Waals surface area (Å²) in [5, 5.41) is 3.19. The average molecular weight is 253 g/mol. The summed E-state index contributed by atoms with van der Waals surface area (Å²) in [6, 6.07) is 0.755. The van der Waals surface area contributed by atoms with Gasteiger partial charge >= 0.3 is 0 Å². The maximum atomic E-state index is 12.0. The van der Waals surface area contributed by atoms with Gasteiger partial charge in [0.1, 0.15) is 0 Å². The van der Waals surface area contributed by atoms with E-state index < -0.39 is 0 Å². The first kappa shape index (κ1) is 13.8. The molecule has 2 rings (SSSR count). The molecule has 4 nitrogen and oxygen atoms in total. The van der Waals surface area contributed by atoms with Crippen LogP contribution in [-0.4, -0.2) is 42.5 Å². The first-order valence-electron chi connectivity index (χ1n) is 7.41. The predicted octanol–water partition coefficient (Wildman–Crippen LogP) is 1.10. The van der Waals surface area contributed by atoms with E-state index in [1.54, 1.807) is 0 Å². The number of nitrogens with two attached hydrogens (primary N) is 1. The van der Waals surface area contributed by atoms with Crippen LogP contribution < -0.4 is 11.1 Å². The summed E-state index contributed by atoms with van der Waals surface area (Å²) in [6.07, 6.45) is 6.85. The number of rotatable bonds is 3. The van der Waals surface area contributed by atoms with Crippen LogP contribution in [0.2, 0.25) is 0 Å². The van der Waals surface area contributed by atoms with Crippen molar-refractivity contribution in [1.29, 1.82) is 0 Å². The molecular weight excluding hydrogens is 226 g/mol. The summed E-state index contributed by atoms with van der Waals surface area (Å²) in [5.41, 5.74) is 5.86. The Morgan fingerprint density at radius 2 is 1.78 bits per heavy atom. The number of nitrogens with one attached hydrogen (secondary N) is 1. The lowest BCUT2D eigenvalue weighted by Gasteiger charge is -2.31. The quantitative estimate of drug-likeness (QED) is 0.792. The second kappa shape index (κ2) is 6.53. The standard InChI is InChI=1S/C14H27N3O/c1-11-2-4-13(5-3-11)16-14(18)10-17-8-6-12(15)7-9-17/h11-13H,2-10,15H2,1H3,(H,16,18). The normalized spacial score (nSPS) is 31.2. The number of carbonyl (C=O) groups is 1. The van der Waals surface area contributed by atoms with Crippen molar-refractivity contribution in [1.82, 2.24) is 10.2 Å². The fourth-order valence-corrected chi connectivity index (χ4v) is 2.99. The number of hydrogen-bond acceptors (Lipinski definition) is 3. The van der Waals surface area contributed by atoms with Crippen LogP contribution in [0.25, 0.3) is 0 Å². The maximum absolute atomic E-state index is 12.0. The molecule has 18 heavy (non-hydrogen) atoms. The molecule has 4 heteroatoms. The van der Waals surface area contributed by atoms with Crippen LogP contribution in [0, 0.1) is 5.92 Å². The second-order valence-electron chi connectivity index (χ2n) is 6.14. The molecule has 3 N–H and O–H groups in total. The Bertz CT molecular complexity index is 240. The molecule has 104 valence electrons. The van der Waals surface area contributed by atoms with Crippen LogP contribution in [0.1, 0.15) is 45.4 Å². The van der Waals surface area contributed by atoms with E-state index in [0.29, 0.717) is 18.6 Å². The van der Waals surface area contributed by atoms with Gasteiger partial charge in [-0.3, -0.25) is 9.69 Å². The van der Waals surface area contributed by atoms with Gasteiger partial charge in [0, 0.05) is 25.2 Å². The molecule has 0 aromatic carbocycles. The third kappa shape index (κ3) is 4.25. The van der Waals surface area contributed by atoms with Gasteiger partial charge in [-0.2, -0.15) is 0 Å². The summed E-state index contributed by atoms with van der Waals surface area (Å²) in [4.78, 5) is 14.2. The SMILES string of the molecule is CC1CCC(NC(=O)CN2CCC(N)CC2)CC1. The molecule has 1 saturated carbocycles. The summed E-state index contributed by atoms with van der Waals surface area (Å²) < 4.78 is 0. The smallest absolute Gasteiger partial charge is 0.234 e. The fraction of sp³-hybridized carbons (Fsp3) is 0.929. The van der Waals surface area contributed by atoms with Gasteiger partial charge in [0.25, 0.3) is 0 Å². The lowest BCUT2D eigenvalue weighted by atomic mass is 9.87. The molecule has 0 aromatic rings. The molecule has 0 unspecified atom stereocenters. The number of amides is 1. The number of carbonyl (C=O) groups excluding carboxylic acids is 1. The van der Waals surface area contributed by atoms with Gasteiger partial charge in [-0.15, -0.1) is 0 Å². The second-order valence-corrected chi connectivity index (χ2v) is 6.14. The van der Waals surface area contributed by atoms with Crippen LogP contribution in [0.3, 0.4) is 0 Å². The highest BCUT2D eigenvalue weighted by Gasteiger charge is 2.22. The molecule has 0 aromatic heterocycles. The van der Waals surface area contributed by atoms with Gasteiger partial charge in [0.2, 0.25) is 5.91 Å².